The first-order valence-corrected chi connectivity index (χ1v) is 9.47. The normalized spacial score (nSPS) is 15.4. The van der Waals surface area contributed by atoms with Gasteiger partial charge in [-0.05, 0) is 23.8 Å². The summed E-state index contributed by atoms with van der Waals surface area (Å²) in [5, 5.41) is 3.03. The number of rotatable bonds is 8. The Morgan fingerprint density at radius 1 is 1.17 bits per heavy atom. The van der Waals surface area contributed by atoms with Crippen molar-refractivity contribution in [3.8, 4) is 17.2 Å². The molecule has 1 amide bonds. The molecule has 29 heavy (non-hydrogen) atoms. The Morgan fingerprint density at radius 2 is 1.86 bits per heavy atom. The van der Waals surface area contributed by atoms with Crippen molar-refractivity contribution < 1.29 is 23.7 Å². The molecule has 1 aromatic heterocycles. The Morgan fingerprint density at radius 3 is 2.41 bits per heavy atom. The summed E-state index contributed by atoms with van der Waals surface area (Å²) in [7, 11) is 4.58. The average Bonchev–Trinajstić information content (AvgIpc) is 2.79. The molecular weight excluding hydrogens is 374 g/mol. The predicted octanol–water partition coefficient (Wildman–Crippen LogP) is 1.91. The van der Waals surface area contributed by atoms with E-state index < -0.39 is 0 Å². The van der Waals surface area contributed by atoms with Gasteiger partial charge in [0.05, 0.1) is 40.6 Å². The number of morpholine rings is 1. The van der Waals surface area contributed by atoms with Crippen LogP contribution in [0.15, 0.2) is 36.7 Å². The van der Waals surface area contributed by atoms with Crippen LogP contribution in [0.4, 0.5) is 0 Å². The number of ether oxygens (including phenoxy) is 4. The van der Waals surface area contributed by atoms with Crippen molar-refractivity contribution in [3.63, 3.8) is 0 Å². The van der Waals surface area contributed by atoms with Gasteiger partial charge in [-0.25, -0.2) is 0 Å². The zero-order valence-electron chi connectivity index (χ0n) is 17.0. The van der Waals surface area contributed by atoms with Crippen LogP contribution in [0.2, 0.25) is 0 Å². The molecule has 0 radical (unpaired) electrons. The lowest BCUT2D eigenvalue weighted by atomic mass is 10.1. The highest BCUT2D eigenvalue weighted by molar-refractivity contribution is 5.95. The van der Waals surface area contributed by atoms with Gasteiger partial charge in [-0.3, -0.25) is 14.7 Å². The molecule has 0 aliphatic carbocycles. The van der Waals surface area contributed by atoms with Crippen LogP contribution in [-0.4, -0.2) is 70.0 Å². The Bertz CT molecular complexity index is 784. The zero-order chi connectivity index (χ0) is 20.6. The molecule has 1 aliphatic rings. The van der Waals surface area contributed by atoms with Gasteiger partial charge in [-0.1, -0.05) is 6.07 Å². The van der Waals surface area contributed by atoms with Crippen molar-refractivity contribution in [2.45, 2.75) is 6.04 Å². The summed E-state index contributed by atoms with van der Waals surface area (Å²) in [5.74, 6) is 1.11. The molecule has 1 aliphatic heterocycles. The maximum atomic E-state index is 12.9. The lowest BCUT2D eigenvalue weighted by Gasteiger charge is -2.34. The molecule has 1 atom stereocenters. The average molecular weight is 401 g/mol. The number of hydrogen-bond acceptors (Lipinski definition) is 7. The van der Waals surface area contributed by atoms with Crippen molar-refractivity contribution in [1.29, 1.82) is 0 Å². The number of pyridine rings is 1. The lowest BCUT2D eigenvalue weighted by Crippen LogP contribution is -2.43. The molecule has 0 bridgehead atoms. The lowest BCUT2D eigenvalue weighted by molar-refractivity contribution is 0.0161. The van der Waals surface area contributed by atoms with E-state index in [4.69, 9.17) is 18.9 Å². The van der Waals surface area contributed by atoms with Crippen LogP contribution in [0, 0.1) is 0 Å². The third-order valence-electron chi connectivity index (χ3n) is 4.94. The molecule has 1 fully saturated rings. The Hall–Kier alpha value is -2.84. The van der Waals surface area contributed by atoms with Gasteiger partial charge < -0.3 is 24.3 Å². The second-order valence-corrected chi connectivity index (χ2v) is 6.57. The SMILES string of the molecule is COc1cc(C(=O)NC[C@H](c2cccnc2)N2CCOCC2)cc(OC)c1OC. The summed E-state index contributed by atoms with van der Waals surface area (Å²) < 4.78 is 21.5. The van der Waals surface area contributed by atoms with E-state index in [1.807, 2.05) is 18.3 Å². The summed E-state index contributed by atoms with van der Waals surface area (Å²) in [5.41, 5.74) is 1.49. The van der Waals surface area contributed by atoms with Gasteiger partial charge in [-0.2, -0.15) is 0 Å². The Balaban J connectivity index is 1.78. The van der Waals surface area contributed by atoms with E-state index in [0.717, 1.165) is 18.7 Å². The molecule has 156 valence electrons. The van der Waals surface area contributed by atoms with Gasteiger partial charge in [0.2, 0.25) is 5.75 Å². The zero-order valence-corrected chi connectivity index (χ0v) is 17.0. The van der Waals surface area contributed by atoms with E-state index >= 15 is 0 Å². The largest absolute Gasteiger partial charge is 0.493 e. The van der Waals surface area contributed by atoms with Gasteiger partial charge in [0.15, 0.2) is 11.5 Å². The number of nitrogens with zero attached hydrogens (tertiary/aromatic N) is 2. The first-order valence-electron chi connectivity index (χ1n) is 9.47. The number of nitrogens with one attached hydrogen (secondary N) is 1. The van der Waals surface area contributed by atoms with E-state index in [-0.39, 0.29) is 11.9 Å². The molecule has 0 saturated carbocycles. The number of amides is 1. The van der Waals surface area contributed by atoms with Crippen LogP contribution in [0.5, 0.6) is 17.2 Å². The minimum atomic E-state index is -0.216. The van der Waals surface area contributed by atoms with Crippen molar-refractivity contribution >= 4 is 5.91 Å². The quantitative estimate of drug-likeness (QED) is 0.724. The highest BCUT2D eigenvalue weighted by Gasteiger charge is 2.24. The number of carbonyl (C=O) groups excluding carboxylic acids is 1. The number of benzene rings is 1. The van der Waals surface area contributed by atoms with Crippen LogP contribution in [-0.2, 0) is 4.74 Å². The van der Waals surface area contributed by atoms with Gasteiger partial charge in [0, 0.05) is 37.6 Å². The van der Waals surface area contributed by atoms with Crippen molar-refractivity contribution in [2.24, 2.45) is 0 Å². The predicted molar refractivity (Wildman–Crippen MR) is 108 cm³/mol. The van der Waals surface area contributed by atoms with E-state index in [9.17, 15) is 4.79 Å². The first kappa shape index (κ1) is 20.9. The monoisotopic (exact) mass is 401 g/mol. The van der Waals surface area contributed by atoms with Gasteiger partial charge in [-0.15, -0.1) is 0 Å². The minimum absolute atomic E-state index is 0.0126. The molecule has 0 spiro atoms. The highest BCUT2D eigenvalue weighted by Crippen LogP contribution is 2.38. The van der Waals surface area contributed by atoms with E-state index in [1.54, 1.807) is 18.3 Å². The summed E-state index contributed by atoms with van der Waals surface area (Å²) in [6.45, 7) is 3.41. The summed E-state index contributed by atoms with van der Waals surface area (Å²) in [6.07, 6.45) is 3.58. The number of carbonyl (C=O) groups is 1. The molecular formula is C21H27N3O5. The van der Waals surface area contributed by atoms with E-state index in [1.165, 1.54) is 21.3 Å². The fraction of sp³-hybridized carbons (Fsp3) is 0.429. The van der Waals surface area contributed by atoms with Crippen LogP contribution in [0.3, 0.4) is 0 Å². The van der Waals surface area contributed by atoms with E-state index in [0.29, 0.717) is 42.6 Å². The van der Waals surface area contributed by atoms with Crippen molar-refractivity contribution in [2.75, 3.05) is 54.2 Å². The Kier molecular flexibility index (Phi) is 7.26. The molecule has 8 nitrogen and oxygen atoms in total. The number of methoxy groups -OCH3 is 3. The van der Waals surface area contributed by atoms with E-state index in [2.05, 4.69) is 15.2 Å². The molecule has 0 unspecified atom stereocenters. The minimum Gasteiger partial charge on any atom is -0.493 e. The topological polar surface area (TPSA) is 82.2 Å². The highest BCUT2D eigenvalue weighted by atomic mass is 16.5. The molecule has 2 aromatic rings. The molecule has 2 heterocycles. The second kappa shape index (κ2) is 10.1. The van der Waals surface area contributed by atoms with Crippen molar-refractivity contribution in [1.82, 2.24) is 15.2 Å². The van der Waals surface area contributed by atoms with Crippen LogP contribution in [0.1, 0.15) is 22.0 Å². The number of hydrogen-bond donors (Lipinski definition) is 1. The number of aromatic nitrogens is 1. The van der Waals surface area contributed by atoms with Crippen LogP contribution >= 0.6 is 0 Å². The summed E-state index contributed by atoms with van der Waals surface area (Å²) in [4.78, 5) is 19.4. The molecule has 3 rings (SSSR count). The molecule has 8 heteroatoms. The standard InChI is InChI=1S/C21H27N3O5/c1-26-18-11-16(12-19(27-2)20(18)28-3)21(25)23-14-17(15-5-4-6-22-13-15)24-7-9-29-10-8-24/h4-6,11-13,17H,7-10,14H2,1-3H3,(H,23,25)/t17-/m1/s1. The Labute approximate surface area is 170 Å². The fourth-order valence-corrected chi connectivity index (χ4v) is 3.42. The fourth-order valence-electron chi connectivity index (χ4n) is 3.42. The third kappa shape index (κ3) is 4.96. The maximum Gasteiger partial charge on any atom is 0.251 e. The third-order valence-corrected chi connectivity index (χ3v) is 4.94. The molecule has 1 N–H and O–H groups in total. The maximum absolute atomic E-state index is 12.9. The first-order chi connectivity index (χ1) is 14.2. The van der Waals surface area contributed by atoms with Crippen LogP contribution in [0.25, 0.3) is 0 Å². The van der Waals surface area contributed by atoms with Crippen molar-refractivity contribution in [3.05, 3.63) is 47.8 Å². The smallest absolute Gasteiger partial charge is 0.251 e. The molecule has 1 aromatic carbocycles. The summed E-state index contributed by atoms with van der Waals surface area (Å²) in [6, 6.07) is 7.23. The summed E-state index contributed by atoms with van der Waals surface area (Å²) >= 11 is 0. The second-order valence-electron chi connectivity index (χ2n) is 6.57. The molecule has 1 saturated heterocycles. The van der Waals surface area contributed by atoms with Gasteiger partial charge >= 0.3 is 0 Å². The van der Waals surface area contributed by atoms with Gasteiger partial charge in [0.25, 0.3) is 5.91 Å². The van der Waals surface area contributed by atoms with Crippen LogP contribution < -0.4 is 19.5 Å². The van der Waals surface area contributed by atoms with Gasteiger partial charge in [0.1, 0.15) is 0 Å².